The first-order chi connectivity index (χ1) is 11.7. The number of benzene rings is 2. The second kappa shape index (κ2) is 8.49. The van der Waals surface area contributed by atoms with Crippen LogP contribution in [-0.4, -0.2) is 0 Å². The molecule has 0 nitrogen and oxygen atoms in total. The standard InChI is InChI=1S/C20H13BrS3.Na/c21-15-11-17(13-7-3-1-4-8-13)23-19(15)20-16(22)12-18(24-20)14-9-5-2-6-10-14;/h1-12,22H;/q;+1/p-1. The molecule has 4 aromatic rings. The molecule has 0 aliphatic heterocycles. The maximum Gasteiger partial charge on any atom is 1.00 e. The van der Waals surface area contributed by atoms with Crippen LogP contribution in [0.4, 0.5) is 0 Å². The first-order valence-electron chi connectivity index (χ1n) is 7.44. The zero-order valence-corrected chi connectivity index (χ0v) is 19.6. The number of halogens is 1. The third-order valence-electron chi connectivity index (χ3n) is 3.71. The smallest absolute Gasteiger partial charge is 0.778 e. The van der Waals surface area contributed by atoms with Gasteiger partial charge in [-0.05, 0) is 33.1 Å². The van der Waals surface area contributed by atoms with Gasteiger partial charge in [-0.1, -0.05) is 66.7 Å². The summed E-state index contributed by atoms with van der Waals surface area (Å²) in [5.41, 5.74) is 2.45. The molecule has 0 N–H and O–H groups in total. The summed E-state index contributed by atoms with van der Waals surface area (Å²) in [6.07, 6.45) is 0. The topological polar surface area (TPSA) is 0 Å². The fourth-order valence-electron chi connectivity index (χ4n) is 2.55. The Balaban J connectivity index is 0.00000182. The van der Waals surface area contributed by atoms with Crippen LogP contribution in [0.5, 0.6) is 0 Å². The van der Waals surface area contributed by atoms with Crippen LogP contribution in [0.1, 0.15) is 0 Å². The molecule has 0 fully saturated rings. The Morgan fingerprint density at radius 2 is 1.16 bits per heavy atom. The van der Waals surface area contributed by atoms with E-state index in [0.717, 1.165) is 9.37 Å². The fraction of sp³-hybridized carbons (Fsp3) is 0. The molecular formula is C20H12BrNaS3. The number of hydrogen-bond acceptors (Lipinski definition) is 3. The van der Waals surface area contributed by atoms with Crippen molar-refractivity contribution in [2.75, 3.05) is 0 Å². The molecule has 0 aliphatic rings. The molecule has 0 atom stereocenters. The SMILES string of the molecule is [Na+].[S-]c1cc(-c2ccccc2)sc1-c1sc(-c2ccccc2)cc1Br. The van der Waals surface area contributed by atoms with E-state index in [9.17, 15) is 0 Å². The van der Waals surface area contributed by atoms with Crippen LogP contribution >= 0.6 is 38.6 Å². The summed E-state index contributed by atoms with van der Waals surface area (Å²) in [4.78, 5) is 5.77. The van der Waals surface area contributed by atoms with Crippen molar-refractivity contribution in [1.82, 2.24) is 0 Å². The van der Waals surface area contributed by atoms with E-state index in [-0.39, 0.29) is 29.6 Å². The Labute approximate surface area is 191 Å². The van der Waals surface area contributed by atoms with Gasteiger partial charge in [0.1, 0.15) is 0 Å². The van der Waals surface area contributed by atoms with Crippen LogP contribution in [0, 0.1) is 0 Å². The van der Waals surface area contributed by atoms with Gasteiger partial charge in [-0.3, -0.25) is 0 Å². The summed E-state index contributed by atoms with van der Waals surface area (Å²) in [6.45, 7) is 0. The third kappa shape index (κ3) is 4.11. The number of rotatable bonds is 3. The van der Waals surface area contributed by atoms with Gasteiger partial charge in [-0.2, -0.15) is 4.90 Å². The minimum absolute atomic E-state index is 0. The largest absolute Gasteiger partial charge is 1.00 e. The minimum Gasteiger partial charge on any atom is -0.778 e. The Kier molecular flexibility index (Phi) is 6.55. The third-order valence-corrected chi connectivity index (χ3v) is 7.58. The molecule has 0 spiro atoms. The van der Waals surface area contributed by atoms with E-state index in [1.165, 1.54) is 30.6 Å². The Morgan fingerprint density at radius 1 is 0.680 bits per heavy atom. The van der Waals surface area contributed by atoms with E-state index in [2.05, 4.69) is 76.6 Å². The molecule has 0 saturated heterocycles. The zero-order valence-electron chi connectivity index (χ0n) is 13.5. The maximum absolute atomic E-state index is 5.64. The Bertz CT molecular complexity index is 893. The molecule has 2 heterocycles. The van der Waals surface area contributed by atoms with Crippen LogP contribution in [0.15, 0.2) is 82.2 Å². The summed E-state index contributed by atoms with van der Waals surface area (Å²) in [6, 6.07) is 25.2. The van der Waals surface area contributed by atoms with Crippen molar-refractivity contribution < 1.29 is 29.6 Å². The maximum atomic E-state index is 5.64. The summed E-state index contributed by atoms with van der Waals surface area (Å²) in [7, 11) is 0. The zero-order chi connectivity index (χ0) is 16.5. The van der Waals surface area contributed by atoms with Gasteiger partial charge >= 0.3 is 29.6 Å². The fourth-order valence-corrected chi connectivity index (χ4v) is 6.25. The van der Waals surface area contributed by atoms with Crippen LogP contribution in [0.3, 0.4) is 0 Å². The van der Waals surface area contributed by atoms with Gasteiger partial charge in [-0.25, -0.2) is 0 Å². The molecular weight excluding hydrogens is 439 g/mol. The first kappa shape index (κ1) is 19.3. The van der Waals surface area contributed by atoms with Crippen molar-refractivity contribution in [2.45, 2.75) is 4.90 Å². The Hall–Kier alpha value is -0.460. The number of hydrogen-bond donors (Lipinski definition) is 0. The minimum atomic E-state index is 0. The average Bonchev–Trinajstić information content (AvgIpc) is 3.19. The van der Waals surface area contributed by atoms with Crippen molar-refractivity contribution >= 4 is 51.2 Å². The summed E-state index contributed by atoms with van der Waals surface area (Å²) >= 11 is 12.9. The molecule has 0 aliphatic carbocycles. The van der Waals surface area contributed by atoms with E-state index >= 15 is 0 Å². The van der Waals surface area contributed by atoms with Crippen molar-refractivity contribution in [2.24, 2.45) is 0 Å². The van der Waals surface area contributed by atoms with Crippen LogP contribution < -0.4 is 29.6 Å². The molecule has 0 amide bonds. The average molecular weight is 451 g/mol. The molecule has 0 bridgehead atoms. The summed E-state index contributed by atoms with van der Waals surface area (Å²) < 4.78 is 1.11. The van der Waals surface area contributed by atoms with E-state index in [1.807, 2.05) is 12.1 Å². The second-order valence-corrected chi connectivity index (χ2v) is 8.72. The van der Waals surface area contributed by atoms with Crippen LogP contribution in [0.25, 0.3) is 30.6 Å². The van der Waals surface area contributed by atoms with Crippen LogP contribution in [0.2, 0.25) is 0 Å². The normalized spacial score (nSPS) is 10.4. The molecule has 118 valence electrons. The van der Waals surface area contributed by atoms with Gasteiger partial charge in [0.2, 0.25) is 0 Å². The van der Waals surface area contributed by atoms with E-state index in [4.69, 9.17) is 12.6 Å². The van der Waals surface area contributed by atoms with Gasteiger partial charge in [0.05, 0.1) is 4.88 Å². The number of thiophene rings is 2. The van der Waals surface area contributed by atoms with Crippen molar-refractivity contribution in [3.63, 3.8) is 0 Å². The molecule has 5 heteroatoms. The van der Waals surface area contributed by atoms with Crippen LogP contribution in [-0.2, 0) is 12.6 Å². The van der Waals surface area contributed by atoms with Crippen molar-refractivity contribution in [1.29, 1.82) is 0 Å². The van der Waals surface area contributed by atoms with Gasteiger partial charge in [0, 0.05) is 19.1 Å². The van der Waals surface area contributed by atoms with Crippen molar-refractivity contribution in [3.8, 4) is 30.6 Å². The summed E-state index contributed by atoms with van der Waals surface area (Å²) in [5.74, 6) is 0. The van der Waals surface area contributed by atoms with E-state index in [0.29, 0.717) is 0 Å². The quantitative estimate of drug-likeness (QED) is 0.327. The monoisotopic (exact) mass is 450 g/mol. The van der Waals surface area contributed by atoms with Gasteiger partial charge < -0.3 is 12.6 Å². The van der Waals surface area contributed by atoms with Gasteiger partial charge in [0.15, 0.2) is 0 Å². The Morgan fingerprint density at radius 3 is 1.72 bits per heavy atom. The molecule has 0 unspecified atom stereocenters. The van der Waals surface area contributed by atoms with E-state index in [1.54, 1.807) is 22.7 Å². The summed E-state index contributed by atoms with van der Waals surface area (Å²) in [5, 5.41) is 0. The molecule has 4 rings (SSSR count). The first-order valence-corrected chi connectivity index (χ1v) is 10.3. The molecule has 0 saturated carbocycles. The predicted molar refractivity (Wildman–Crippen MR) is 112 cm³/mol. The van der Waals surface area contributed by atoms with Gasteiger partial charge in [0.25, 0.3) is 0 Å². The van der Waals surface area contributed by atoms with Crippen molar-refractivity contribution in [3.05, 3.63) is 77.3 Å². The van der Waals surface area contributed by atoms with E-state index < -0.39 is 0 Å². The molecule has 0 radical (unpaired) electrons. The molecule has 2 aromatic carbocycles. The van der Waals surface area contributed by atoms with Gasteiger partial charge in [-0.15, -0.1) is 22.7 Å². The second-order valence-electron chi connectivity index (χ2n) is 5.32. The predicted octanol–water partition coefficient (Wildman–Crippen LogP) is 4.48. The molecule has 25 heavy (non-hydrogen) atoms. The molecule has 2 aromatic heterocycles.